The smallest absolute Gasteiger partial charge is 0.254 e. The SMILES string of the molecule is CC(C)NC(=O)c1cnc(N2CCN(Cc3ccccc3)CC2)nc1. The highest BCUT2D eigenvalue weighted by atomic mass is 16.1. The molecule has 1 aromatic carbocycles. The third-order valence-electron chi connectivity index (χ3n) is 4.22. The third kappa shape index (κ3) is 4.76. The van der Waals surface area contributed by atoms with Crippen LogP contribution in [-0.4, -0.2) is 53.0 Å². The summed E-state index contributed by atoms with van der Waals surface area (Å²) < 4.78 is 0. The quantitative estimate of drug-likeness (QED) is 0.902. The molecule has 6 heteroatoms. The normalized spacial score (nSPS) is 15.4. The van der Waals surface area contributed by atoms with E-state index < -0.39 is 0 Å². The topological polar surface area (TPSA) is 61.4 Å². The van der Waals surface area contributed by atoms with Gasteiger partial charge in [0, 0.05) is 51.2 Å². The van der Waals surface area contributed by atoms with E-state index in [9.17, 15) is 4.79 Å². The zero-order chi connectivity index (χ0) is 17.6. The number of hydrogen-bond acceptors (Lipinski definition) is 5. The summed E-state index contributed by atoms with van der Waals surface area (Å²) >= 11 is 0. The maximum atomic E-state index is 11.9. The Bertz CT molecular complexity index is 679. The van der Waals surface area contributed by atoms with Crippen LogP contribution in [0.25, 0.3) is 0 Å². The molecule has 1 fully saturated rings. The molecule has 6 nitrogen and oxygen atoms in total. The molecule has 0 radical (unpaired) electrons. The van der Waals surface area contributed by atoms with E-state index in [4.69, 9.17) is 0 Å². The first-order valence-corrected chi connectivity index (χ1v) is 8.76. The van der Waals surface area contributed by atoms with E-state index in [1.165, 1.54) is 5.56 Å². The lowest BCUT2D eigenvalue weighted by Gasteiger charge is -2.34. The van der Waals surface area contributed by atoms with Crippen LogP contribution in [0.1, 0.15) is 29.8 Å². The van der Waals surface area contributed by atoms with Crippen LogP contribution in [0.2, 0.25) is 0 Å². The second kappa shape index (κ2) is 8.07. The fraction of sp³-hybridized carbons (Fsp3) is 0.421. The van der Waals surface area contributed by atoms with Crippen LogP contribution in [0, 0.1) is 0 Å². The van der Waals surface area contributed by atoms with E-state index in [0.717, 1.165) is 32.7 Å². The molecule has 1 aromatic heterocycles. The zero-order valence-electron chi connectivity index (χ0n) is 14.9. The van der Waals surface area contributed by atoms with Crippen LogP contribution >= 0.6 is 0 Å². The Labute approximate surface area is 148 Å². The van der Waals surface area contributed by atoms with Crippen LogP contribution in [-0.2, 0) is 6.54 Å². The average Bonchev–Trinajstić information content (AvgIpc) is 2.63. The molecule has 2 aromatic rings. The van der Waals surface area contributed by atoms with Gasteiger partial charge in [-0.3, -0.25) is 9.69 Å². The van der Waals surface area contributed by atoms with Gasteiger partial charge in [0.1, 0.15) is 0 Å². The van der Waals surface area contributed by atoms with Crippen molar-refractivity contribution in [2.45, 2.75) is 26.4 Å². The van der Waals surface area contributed by atoms with E-state index in [2.05, 4.69) is 49.4 Å². The fourth-order valence-electron chi connectivity index (χ4n) is 2.89. The van der Waals surface area contributed by atoms with Crippen LogP contribution in [0.4, 0.5) is 5.95 Å². The summed E-state index contributed by atoms with van der Waals surface area (Å²) in [4.78, 5) is 25.3. The summed E-state index contributed by atoms with van der Waals surface area (Å²) in [6.07, 6.45) is 3.22. The van der Waals surface area contributed by atoms with Gasteiger partial charge >= 0.3 is 0 Å². The maximum absolute atomic E-state index is 11.9. The van der Waals surface area contributed by atoms with E-state index in [-0.39, 0.29) is 11.9 Å². The number of amides is 1. The molecule has 0 aliphatic carbocycles. The molecular weight excluding hydrogens is 314 g/mol. The number of carbonyl (C=O) groups is 1. The van der Waals surface area contributed by atoms with Crippen molar-refractivity contribution in [3.8, 4) is 0 Å². The largest absolute Gasteiger partial charge is 0.350 e. The van der Waals surface area contributed by atoms with Crippen molar-refractivity contribution in [1.82, 2.24) is 20.2 Å². The van der Waals surface area contributed by atoms with Crippen LogP contribution in [0.15, 0.2) is 42.7 Å². The predicted molar refractivity (Wildman–Crippen MR) is 98.6 cm³/mol. The Morgan fingerprint density at radius 2 is 1.72 bits per heavy atom. The monoisotopic (exact) mass is 339 g/mol. The molecule has 1 aliphatic heterocycles. The second-order valence-electron chi connectivity index (χ2n) is 6.65. The molecule has 25 heavy (non-hydrogen) atoms. The molecule has 3 rings (SSSR count). The van der Waals surface area contributed by atoms with Gasteiger partial charge in [0.2, 0.25) is 5.95 Å². The summed E-state index contributed by atoms with van der Waals surface area (Å²) in [6.45, 7) is 8.59. The molecule has 132 valence electrons. The Morgan fingerprint density at radius 1 is 1.08 bits per heavy atom. The fourth-order valence-corrected chi connectivity index (χ4v) is 2.89. The number of benzene rings is 1. The molecule has 0 atom stereocenters. The maximum Gasteiger partial charge on any atom is 0.254 e. The summed E-state index contributed by atoms with van der Waals surface area (Å²) in [5.74, 6) is 0.565. The predicted octanol–water partition coefficient (Wildman–Crippen LogP) is 1.94. The van der Waals surface area contributed by atoms with Crippen LogP contribution in [0.3, 0.4) is 0 Å². The van der Waals surface area contributed by atoms with E-state index in [0.29, 0.717) is 11.5 Å². The standard InChI is InChI=1S/C19H25N5O/c1-15(2)22-18(25)17-12-20-19(21-13-17)24-10-8-23(9-11-24)14-16-6-4-3-5-7-16/h3-7,12-13,15H,8-11,14H2,1-2H3,(H,22,25). The minimum absolute atomic E-state index is 0.102. The lowest BCUT2D eigenvalue weighted by atomic mass is 10.2. The molecule has 1 saturated heterocycles. The van der Waals surface area contributed by atoms with Crippen molar-refractivity contribution in [2.24, 2.45) is 0 Å². The number of carbonyl (C=O) groups excluding carboxylic acids is 1. The third-order valence-corrected chi connectivity index (χ3v) is 4.22. The number of piperazine rings is 1. The van der Waals surface area contributed by atoms with Crippen molar-refractivity contribution in [3.05, 3.63) is 53.9 Å². The highest BCUT2D eigenvalue weighted by Crippen LogP contribution is 2.13. The molecule has 0 unspecified atom stereocenters. The summed E-state index contributed by atoms with van der Waals surface area (Å²) in [6, 6.07) is 10.6. The van der Waals surface area contributed by atoms with Gasteiger partial charge in [-0.25, -0.2) is 9.97 Å². The van der Waals surface area contributed by atoms with E-state index in [1.807, 2.05) is 19.9 Å². The molecule has 1 amide bonds. The van der Waals surface area contributed by atoms with Crippen LogP contribution < -0.4 is 10.2 Å². The van der Waals surface area contributed by atoms with Gasteiger partial charge in [-0.2, -0.15) is 0 Å². The Kier molecular flexibility index (Phi) is 5.60. The average molecular weight is 339 g/mol. The molecule has 1 aliphatic rings. The molecule has 1 N–H and O–H groups in total. The number of anilines is 1. The van der Waals surface area contributed by atoms with Crippen molar-refractivity contribution in [1.29, 1.82) is 0 Å². The van der Waals surface area contributed by atoms with Crippen LogP contribution in [0.5, 0.6) is 0 Å². The Balaban J connectivity index is 1.53. The van der Waals surface area contributed by atoms with E-state index in [1.54, 1.807) is 12.4 Å². The first-order chi connectivity index (χ1) is 12.1. The number of hydrogen-bond donors (Lipinski definition) is 1. The molecule has 0 bridgehead atoms. The zero-order valence-corrected chi connectivity index (χ0v) is 14.9. The van der Waals surface area contributed by atoms with Crippen molar-refractivity contribution in [3.63, 3.8) is 0 Å². The van der Waals surface area contributed by atoms with Crippen molar-refractivity contribution >= 4 is 11.9 Å². The van der Waals surface area contributed by atoms with E-state index >= 15 is 0 Å². The lowest BCUT2D eigenvalue weighted by Crippen LogP contribution is -2.46. The van der Waals surface area contributed by atoms with Crippen molar-refractivity contribution in [2.75, 3.05) is 31.1 Å². The lowest BCUT2D eigenvalue weighted by molar-refractivity contribution is 0.0942. The van der Waals surface area contributed by atoms with Gasteiger partial charge in [0.15, 0.2) is 0 Å². The van der Waals surface area contributed by atoms with Gasteiger partial charge in [0.25, 0.3) is 5.91 Å². The molecule has 0 spiro atoms. The highest BCUT2D eigenvalue weighted by molar-refractivity contribution is 5.93. The summed E-state index contributed by atoms with van der Waals surface area (Å²) in [5, 5.41) is 2.85. The van der Waals surface area contributed by atoms with Gasteiger partial charge in [-0.1, -0.05) is 30.3 Å². The summed E-state index contributed by atoms with van der Waals surface area (Å²) in [7, 11) is 0. The molecule has 2 heterocycles. The Hall–Kier alpha value is -2.47. The Morgan fingerprint density at radius 3 is 2.32 bits per heavy atom. The minimum Gasteiger partial charge on any atom is -0.350 e. The highest BCUT2D eigenvalue weighted by Gasteiger charge is 2.19. The molecular formula is C19H25N5O. The van der Waals surface area contributed by atoms with Gasteiger partial charge in [0.05, 0.1) is 5.56 Å². The number of rotatable bonds is 5. The minimum atomic E-state index is -0.130. The summed E-state index contributed by atoms with van der Waals surface area (Å²) in [5.41, 5.74) is 1.84. The number of nitrogens with one attached hydrogen (secondary N) is 1. The second-order valence-corrected chi connectivity index (χ2v) is 6.65. The van der Waals surface area contributed by atoms with Gasteiger partial charge < -0.3 is 10.2 Å². The first-order valence-electron chi connectivity index (χ1n) is 8.76. The van der Waals surface area contributed by atoms with Gasteiger partial charge in [-0.05, 0) is 19.4 Å². The van der Waals surface area contributed by atoms with Gasteiger partial charge in [-0.15, -0.1) is 0 Å². The first kappa shape index (κ1) is 17.4. The number of aromatic nitrogens is 2. The molecule has 0 saturated carbocycles. The number of nitrogens with zero attached hydrogens (tertiary/aromatic N) is 4. The van der Waals surface area contributed by atoms with Crippen molar-refractivity contribution < 1.29 is 4.79 Å².